The van der Waals surface area contributed by atoms with Gasteiger partial charge in [0.25, 0.3) is 0 Å². The predicted molar refractivity (Wildman–Crippen MR) is 37.6 cm³/mol. The van der Waals surface area contributed by atoms with E-state index >= 15 is 0 Å². The van der Waals surface area contributed by atoms with Gasteiger partial charge in [-0.05, 0) is 6.92 Å². The lowest BCUT2D eigenvalue weighted by atomic mass is 10.4. The van der Waals surface area contributed by atoms with Crippen LogP contribution in [0.2, 0.25) is 0 Å². The zero-order valence-corrected chi connectivity index (χ0v) is 6.35. The van der Waals surface area contributed by atoms with Crippen molar-refractivity contribution in [2.75, 3.05) is 6.54 Å². The van der Waals surface area contributed by atoms with Crippen molar-refractivity contribution in [2.24, 2.45) is 0 Å². The van der Waals surface area contributed by atoms with Gasteiger partial charge in [0.2, 0.25) is 11.8 Å². The Kier molecular flexibility index (Phi) is 1.09. The van der Waals surface area contributed by atoms with E-state index in [9.17, 15) is 9.59 Å². The Morgan fingerprint density at radius 3 is 2.20 bits per heavy atom. The lowest BCUT2D eigenvalue weighted by molar-refractivity contribution is -0.138. The van der Waals surface area contributed by atoms with Crippen LogP contribution in [0.15, 0.2) is 0 Å². The van der Waals surface area contributed by atoms with E-state index in [-0.39, 0.29) is 22.3 Å². The summed E-state index contributed by atoms with van der Waals surface area (Å²) < 4.78 is 0. The second kappa shape index (κ2) is 1.75. The summed E-state index contributed by atoms with van der Waals surface area (Å²) in [5.41, 5.74) is 0. The fourth-order valence-corrected chi connectivity index (χ4v) is 2.16. The molecule has 0 aromatic rings. The van der Waals surface area contributed by atoms with Crippen LogP contribution in [0.25, 0.3) is 0 Å². The zero-order chi connectivity index (χ0) is 7.30. The monoisotopic (exact) mass is 157 g/mol. The summed E-state index contributed by atoms with van der Waals surface area (Å²) in [4.78, 5) is 23.5. The molecule has 0 bridgehead atoms. The number of nitrogens with zero attached hydrogens (tertiary/aromatic N) is 1. The van der Waals surface area contributed by atoms with Gasteiger partial charge in [-0.3, -0.25) is 14.5 Å². The highest BCUT2D eigenvalue weighted by molar-refractivity contribution is 8.09. The van der Waals surface area contributed by atoms with E-state index in [2.05, 4.69) is 0 Å². The van der Waals surface area contributed by atoms with Crippen molar-refractivity contribution in [1.82, 2.24) is 4.90 Å². The van der Waals surface area contributed by atoms with Gasteiger partial charge >= 0.3 is 0 Å². The Morgan fingerprint density at radius 2 is 1.90 bits per heavy atom. The molecule has 0 aliphatic carbocycles. The molecular formula is C6H7NO2S. The predicted octanol–water partition coefficient (Wildman–Crippen LogP) is -0.141. The molecule has 0 aromatic heterocycles. The lowest BCUT2D eigenvalue weighted by Crippen LogP contribution is -2.32. The van der Waals surface area contributed by atoms with E-state index in [0.29, 0.717) is 6.54 Å². The Balaban J connectivity index is 2.23. The third-order valence-electron chi connectivity index (χ3n) is 1.83. The first-order chi connectivity index (χ1) is 4.75. The summed E-state index contributed by atoms with van der Waals surface area (Å²) in [7, 11) is 0. The van der Waals surface area contributed by atoms with Crippen LogP contribution < -0.4 is 0 Å². The molecule has 2 aliphatic heterocycles. The van der Waals surface area contributed by atoms with Crippen LogP contribution in [-0.2, 0) is 9.59 Å². The van der Waals surface area contributed by atoms with Gasteiger partial charge in [0, 0.05) is 6.54 Å². The summed E-state index contributed by atoms with van der Waals surface area (Å²) in [5, 5.41) is -0.0140. The molecule has 0 aromatic carbocycles. The first-order valence-corrected chi connectivity index (χ1v) is 4.20. The Hall–Kier alpha value is -0.510. The van der Waals surface area contributed by atoms with Crippen molar-refractivity contribution in [3.05, 3.63) is 0 Å². The van der Waals surface area contributed by atoms with Crippen molar-refractivity contribution in [3.8, 4) is 0 Å². The normalized spacial score (nSPS) is 36.7. The molecule has 2 aliphatic rings. The van der Waals surface area contributed by atoms with E-state index in [1.54, 1.807) is 0 Å². The molecule has 0 saturated carbocycles. The quantitative estimate of drug-likeness (QED) is 0.392. The highest BCUT2D eigenvalue weighted by Crippen LogP contribution is 2.48. The molecule has 54 valence electrons. The average molecular weight is 157 g/mol. The fourth-order valence-electron chi connectivity index (χ4n) is 1.22. The number of imide groups is 1. The molecule has 0 N–H and O–H groups in total. The summed E-state index contributed by atoms with van der Waals surface area (Å²) in [5.74, 6) is 0.0324. The van der Waals surface area contributed by atoms with Crippen molar-refractivity contribution >= 4 is 23.6 Å². The molecule has 3 nitrogen and oxygen atoms in total. The second-order valence-electron chi connectivity index (χ2n) is 2.40. The van der Waals surface area contributed by atoms with Crippen LogP contribution in [-0.4, -0.2) is 33.8 Å². The van der Waals surface area contributed by atoms with Crippen LogP contribution in [0.5, 0.6) is 0 Å². The minimum atomic E-state index is -0.00699. The van der Waals surface area contributed by atoms with Gasteiger partial charge in [0.05, 0.1) is 0 Å². The van der Waals surface area contributed by atoms with Gasteiger partial charge in [0.1, 0.15) is 10.5 Å². The fraction of sp³-hybridized carbons (Fsp3) is 0.667. The maximum Gasteiger partial charge on any atom is 0.244 e. The molecule has 2 saturated heterocycles. The number of thioether (sulfide) groups is 1. The number of hydrogen-bond donors (Lipinski definition) is 0. The molecule has 2 heterocycles. The summed E-state index contributed by atoms with van der Waals surface area (Å²) in [6.45, 7) is 2.36. The van der Waals surface area contributed by atoms with E-state index < -0.39 is 0 Å². The standard InChI is InChI=1S/C6H7NO2S/c1-2-7-5(8)3-4(10-3)6(7)9/h3-4H,2H2,1H3/t3-,4?/m1/s1. The first-order valence-electron chi connectivity index (χ1n) is 3.26. The molecule has 2 fully saturated rings. The van der Waals surface area contributed by atoms with Crippen molar-refractivity contribution in [1.29, 1.82) is 0 Å². The molecule has 2 atom stereocenters. The number of likely N-dealkylation sites (tertiary alicyclic amines) is 1. The molecular weight excluding hydrogens is 150 g/mol. The lowest BCUT2D eigenvalue weighted by Gasteiger charge is -2.11. The summed E-state index contributed by atoms with van der Waals surface area (Å²) in [6.07, 6.45) is 0. The highest BCUT2D eigenvalue weighted by atomic mass is 32.2. The van der Waals surface area contributed by atoms with Crippen LogP contribution in [0.3, 0.4) is 0 Å². The SMILES string of the molecule is CCN1C(=O)C2S[C@H]2C1=O. The zero-order valence-electron chi connectivity index (χ0n) is 5.53. The van der Waals surface area contributed by atoms with Crippen molar-refractivity contribution in [2.45, 2.75) is 17.4 Å². The van der Waals surface area contributed by atoms with Gasteiger partial charge < -0.3 is 0 Å². The van der Waals surface area contributed by atoms with Crippen LogP contribution in [0, 0.1) is 0 Å². The second-order valence-corrected chi connectivity index (χ2v) is 3.69. The molecule has 10 heavy (non-hydrogen) atoms. The maximum absolute atomic E-state index is 11.1. The molecule has 0 spiro atoms. The topological polar surface area (TPSA) is 37.4 Å². The third-order valence-corrected chi connectivity index (χ3v) is 3.05. The van der Waals surface area contributed by atoms with Crippen LogP contribution in [0.1, 0.15) is 6.92 Å². The van der Waals surface area contributed by atoms with Gasteiger partial charge in [-0.25, -0.2) is 0 Å². The Bertz CT molecular complexity index is 196. The van der Waals surface area contributed by atoms with Crippen molar-refractivity contribution < 1.29 is 9.59 Å². The Labute approximate surface area is 62.8 Å². The van der Waals surface area contributed by atoms with Gasteiger partial charge in [-0.15, -0.1) is 11.8 Å². The average Bonchev–Trinajstić information content (AvgIpc) is 2.62. The number of carbonyl (C=O) groups excluding carboxylic acids is 2. The molecule has 0 radical (unpaired) electrons. The number of rotatable bonds is 1. The largest absolute Gasteiger partial charge is 0.281 e. The van der Waals surface area contributed by atoms with Gasteiger partial charge in [-0.1, -0.05) is 0 Å². The van der Waals surface area contributed by atoms with Gasteiger partial charge in [0.15, 0.2) is 0 Å². The summed E-state index contributed by atoms with van der Waals surface area (Å²) >= 11 is 1.47. The number of carbonyl (C=O) groups is 2. The van der Waals surface area contributed by atoms with Crippen LogP contribution in [0.4, 0.5) is 0 Å². The number of amides is 2. The van der Waals surface area contributed by atoms with E-state index in [1.165, 1.54) is 16.7 Å². The number of hydrogen-bond acceptors (Lipinski definition) is 3. The Morgan fingerprint density at radius 1 is 1.40 bits per heavy atom. The minimum absolute atomic E-state index is 0.00699. The molecule has 2 rings (SSSR count). The van der Waals surface area contributed by atoms with Crippen LogP contribution >= 0.6 is 11.8 Å². The summed E-state index contributed by atoms with van der Waals surface area (Å²) in [6, 6.07) is 0. The van der Waals surface area contributed by atoms with Crippen molar-refractivity contribution in [3.63, 3.8) is 0 Å². The maximum atomic E-state index is 11.1. The third kappa shape index (κ3) is 0.572. The number of fused-ring (bicyclic) bond motifs is 1. The smallest absolute Gasteiger partial charge is 0.244 e. The van der Waals surface area contributed by atoms with Gasteiger partial charge in [-0.2, -0.15) is 0 Å². The molecule has 1 unspecified atom stereocenters. The first kappa shape index (κ1) is 6.22. The van der Waals surface area contributed by atoms with E-state index in [1.807, 2.05) is 6.92 Å². The minimum Gasteiger partial charge on any atom is -0.281 e. The van der Waals surface area contributed by atoms with E-state index in [0.717, 1.165) is 0 Å². The molecule has 4 heteroatoms. The van der Waals surface area contributed by atoms with E-state index in [4.69, 9.17) is 0 Å². The molecule has 2 amide bonds. The highest BCUT2D eigenvalue weighted by Gasteiger charge is 2.59.